The molecule has 6 nitrogen and oxygen atoms in total. The SMILES string of the molecule is C=CCN(CC(=O)OCC)C(C)C(=O)NCCCOC. The van der Waals surface area contributed by atoms with E-state index in [0.29, 0.717) is 26.3 Å². The zero-order valence-electron chi connectivity index (χ0n) is 12.7. The minimum absolute atomic E-state index is 0.0759. The zero-order chi connectivity index (χ0) is 15.4. The van der Waals surface area contributed by atoms with Crippen LogP contribution in [0.15, 0.2) is 12.7 Å². The highest BCUT2D eigenvalue weighted by Gasteiger charge is 2.22. The molecule has 0 bridgehead atoms. The zero-order valence-corrected chi connectivity index (χ0v) is 12.7. The average molecular weight is 286 g/mol. The minimum Gasteiger partial charge on any atom is -0.465 e. The maximum Gasteiger partial charge on any atom is 0.320 e. The van der Waals surface area contributed by atoms with Gasteiger partial charge >= 0.3 is 5.97 Å². The van der Waals surface area contributed by atoms with Gasteiger partial charge in [0, 0.05) is 26.8 Å². The van der Waals surface area contributed by atoms with Crippen molar-refractivity contribution in [2.24, 2.45) is 0 Å². The van der Waals surface area contributed by atoms with Gasteiger partial charge in [-0.05, 0) is 20.3 Å². The van der Waals surface area contributed by atoms with E-state index in [9.17, 15) is 9.59 Å². The van der Waals surface area contributed by atoms with Gasteiger partial charge in [-0.1, -0.05) is 6.08 Å². The van der Waals surface area contributed by atoms with Crippen LogP contribution in [0.2, 0.25) is 0 Å². The molecule has 0 aromatic carbocycles. The lowest BCUT2D eigenvalue weighted by Gasteiger charge is -2.26. The van der Waals surface area contributed by atoms with E-state index >= 15 is 0 Å². The van der Waals surface area contributed by atoms with Crippen LogP contribution < -0.4 is 5.32 Å². The van der Waals surface area contributed by atoms with Crippen molar-refractivity contribution in [2.45, 2.75) is 26.3 Å². The third-order valence-electron chi connectivity index (χ3n) is 2.75. The molecule has 20 heavy (non-hydrogen) atoms. The Kier molecular flexibility index (Phi) is 10.6. The van der Waals surface area contributed by atoms with Crippen LogP contribution in [0.25, 0.3) is 0 Å². The van der Waals surface area contributed by atoms with E-state index in [1.54, 1.807) is 31.9 Å². The maximum absolute atomic E-state index is 12.0. The van der Waals surface area contributed by atoms with Gasteiger partial charge in [0.1, 0.15) is 0 Å². The quantitative estimate of drug-likeness (QED) is 0.342. The summed E-state index contributed by atoms with van der Waals surface area (Å²) in [6, 6.07) is -0.417. The van der Waals surface area contributed by atoms with Crippen LogP contribution in [0.5, 0.6) is 0 Å². The van der Waals surface area contributed by atoms with Crippen molar-refractivity contribution in [2.75, 3.05) is 40.0 Å². The number of esters is 1. The number of ether oxygens (including phenoxy) is 2. The fourth-order valence-corrected chi connectivity index (χ4v) is 1.64. The number of rotatable bonds is 11. The molecule has 0 rings (SSSR count). The molecule has 0 aliphatic carbocycles. The Morgan fingerprint density at radius 2 is 2.15 bits per heavy atom. The van der Waals surface area contributed by atoms with Crippen molar-refractivity contribution >= 4 is 11.9 Å². The molecule has 0 aromatic rings. The average Bonchev–Trinajstić information content (AvgIpc) is 2.42. The molecule has 6 heteroatoms. The molecular formula is C14H26N2O4. The number of hydrogen-bond donors (Lipinski definition) is 1. The lowest BCUT2D eigenvalue weighted by Crippen LogP contribution is -2.47. The first kappa shape index (κ1) is 18.6. The van der Waals surface area contributed by atoms with Crippen LogP contribution in [0.3, 0.4) is 0 Å². The fourth-order valence-electron chi connectivity index (χ4n) is 1.64. The van der Waals surface area contributed by atoms with Gasteiger partial charge in [0.2, 0.25) is 5.91 Å². The van der Waals surface area contributed by atoms with Gasteiger partial charge in [0.05, 0.1) is 19.2 Å². The molecule has 0 aliphatic heterocycles. The van der Waals surface area contributed by atoms with Gasteiger partial charge in [-0.15, -0.1) is 6.58 Å². The largest absolute Gasteiger partial charge is 0.465 e. The van der Waals surface area contributed by atoms with Crippen LogP contribution in [0, 0.1) is 0 Å². The third kappa shape index (κ3) is 7.91. The van der Waals surface area contributed by atoms with Gasteiger partial charge in [-0.3, -0.25) is 14.5 Å². The molecule has 1 amide bonds. The van der Waals surface area contributed by atoms with E-state index in [1.165, 1.54) is 0 Å². The topological polar surface area (TPSA) is 67.9 Å². The van der Waals surface area contributed by atoms with Gasteiger partial charge in [-0.25, -0.2) is 0 Å². The van der Waals surface area contributed by atoms with Crippen LogP contribution >= 0.6 is 0 Å². The summed E-state index contributed by atoms with van der Waals surface area (Å²) in [6.45, 7) is 9.17. The van der Waals surface area contributed by atoms with Crippen molar-refractivity contribution in [3.8, 4) is 0 Å². The fraction of sp³-hybridized carbons (Fsp3) is 0.714. The standard InChI is InChI=1S/C14H26N2O4/c1-5-9-16(11-13(17)20-6-2)12(3)14(18)15-8-7-10-19-4/h5,12H,1,6-11H2,2-4H3,(H,15,18). The number of nitrogens with one attached hydrogen (secondary N) is 1. The molecular weight excluding hydrogens is 260 g/mol. The Morgan fingerprint density at radius 3 is 2.70 bits per heavy atom. The molecule has 0 aliphatic rings. The summed E-state index contributed by atoms with van der Waals surface area (Å²) in [5.41, 5.74) is 0. The van der Waals surface area contributed by atoms with Crippen LogP contribution in [0.4, 0.5) is 0 Å². The van der Waals surface area contributed by atoms with Crippen molar-refractivity contribution in [1.29, 1.82) is 0 Å². The summed E-state index contributed by atoms with van der Waals surface area (Å²) < 4.78 is 9.81. The molecule has 0 aromatic heterocycles. The van der Waals surface area contributed by atoms with Gasteiger partial charge in [-0.2, -0.15) is 0 Å². The number of nitrogens with zero attached hydrogens (tertiary/aromatic N) is 1. The maximum atomic E-state index is 12.0. The molecule has 0 saturated carbocycles. The number of methoxy groups -OCH3 is 1. The number of hydrogen-bond acceptors (Lipinski definition) is 5. The molecule has 1 N–H and O–H groups in total. The number of amides is 1. The highest BCUT2D eigenvalue weighted by molar-refractivity contribution is 5.82. The second kappa shape index (κ2) is 11.4. The summed E-state index contributed by atoms with van der Waals surface area (Å²) in [6.07, 6.45) is 2.42. The van der Waals surface area contributed by atoms with Gasteiger partial charge in [0.25, 0.3) is 0 Å². The molecule has 0 heterocycles. The first-order valence-electron chi connectivity index (χ1n) is 6.84. The summed E-state index contributed by atoms with van der Waals surface area (Å²) in [5, 5.41) is 2.81. The monoisotopic (exact) mass is 286 g/mol. The lowest BCUT2D eigenvalue weighted by atomic mass is 10.2. The van der Waals surface area contributed by atoms with Gasteiger partial charge in [0.15, 0.2) is 0 Å². The Morgan fingerprint density at radius 1 is 1.45 bits per heavy atom. The first-order chi connectivity index (χ1) is 9.56. The Bertz CT molecular complexity index is 308. The normalized spacial score (nSPS) is 12.0. The van der Waals surface area contributed by atoms with Crippen LogP contribution in [-0.4, -0.2) is 62.8 Å². The van der Waals surface area contributed by atoms with Crippen molar-refractivity contribution in [1.82, 2.24) is 10.2 Å². The minimum atomic E-state index is -0.417. The van der Waals surface area contributed by atoms with E-state index < -0.39 is 6.04 Å². The number of carbonyl (C=O) groups excluding carboxylic acids is 2. The summed E-state index contributed by atoms with van der Waals surface area (Å²) in [4.78, 5) is 25.2. The molecule has 1 atom stereocenters. The van der Waals surface area contributed by atoms with Gasteiger partial charge < -0.3 is 14.8 Å². The highest BCUT2D eigenvalue weighted by atomic mass is 16.5. The van der Waals surface area contributed by atoms with E-state index in [2.05, 4.69) is 11.9 Å². The van der Waals surface area contributed by atoms with E-state index in [-0.39, 0.29) is 18.4 Å². The van der Waals surface area contributed by atoms with Crippen molar-refractivity contribution in [3.63, 3.8) is 0 Å². The summed E-state index contributed by atoms with van der Waals surface area (Å²) >= 11 is 0. The second-order valence-electron chi connectivity index (χ2n) is 4.34. The van der Waals surface area contributed by atoms with Crippen LogP contribution in [-0.2, 0) is 19.1 Å². The smallest absolute Gasteiger partial charge is 0.320 e. The Balaban J connectivity index is 4.31. The Labute approximate surface area is 121 Å². The van der Waals surface area contributed by atoms with E-state index in [0.717, 1.165) is 6.42 Å². The lowest BCUT2D eigenvalue weighted by molar-refractivity contribution is -0.145. The van der Waals surface area contributed by atoms with Crippen LogP contribution in [0.1, 0.15) is 20.3 Å². The first-order valence-corrected chi connectivity index (χ1v) is 6.84. The van der Waals surface area contributed by atoms with E-state index in [1.807, 2.05) is 0 Å². The van der Waals surface area contributed by atoms with E-state index in [4.69, 9.17) is 9.47 Å². The molecule has 0 spiro atoms. The molecule has 0 fully saturated rings. The molecule has 0 radical (unpaired) electrons. The highest BCUT2D eigenvalue weighted by Crippen LogP contribution is 2.01. The predicted octanol–water partition coefficient (Wildman–Crippen LogP) is 0.579. The summed E-state index contributed by atoms with van der Waals surface area (Å²) in [7, 11) is 1.62. The molecule has 0 saturated heterocycles. The number of carbonyl (C=O) groups is 2. The third-order valence-corrected chi connectivity index (χ3v) is 2.75. The second-order valence-corrected chi connectivity index (χ2v) is 4.34. The van der Waals surface area contributed by atoms with Crippen molar-refractivity contribution in [3.05, 3.63) is 12.7 Å². The predicted molar refractivity (Wildman–Crippen MR) is 77.4 cm³/mol. The molecule has 116 valence electrons. The van der Waals surface area contributed by atoms with Crippen molar-refractivity contribution < 1.29 is 19.1 Å². The summed E-state index contributed by atoms with van der Waals surface area (Å²) in [5.74, 6) is -0.458. The molecule has 1 unspecified atom stereocenters. The Hall–Kier alpha value is -1.40.